The lowest BCUT2D eigenvalue weighted by molar-refractivity contribution is 0.142. The van der Waals surface area contributed by atoms with Gasteiger partial charge in [0.15, 0.2) is 0 Å². The van der Waals surface area contributed by atoms with Crippen LogP contribution in [0.15, 0.2) is 54.6 Å². The van der Waals surface area contributed by atoms with Crippen LogP contribution < -0.4 is 10.1 Å². The Bertz CT molecular complexity index is 667. The Morgan fingerprint density at radius 3 is 2.38 bits per heavy atom. The number of piperazine rings is 1. The number of nitrogens with zero attached hydrogens (tertiary/aromatic N) is 2. The molecule has 3 rings (SSSR count). The summed E-state index contributed by atoms with van der Waals surface area (Å²) >= 11 is 0. The van der Waals surface area contributed by atoms with Crippen LogP contribution in [0.1, 0.15) is 5.56 Å². The molecule has 0 aliphatic carbocycles. The zero-order chi connectivity index (χ0) is 16.8. The molecule has 0 aromatic heterocycles. The van der Waals surface area contributed by atoms with Crippen LogP contribution in [-0.4, -0.2) is 49.1 Å². The molecule has 0 saturated carbocycles. The first kappa shape index (κ1) is 16.3. The van der Waals surface area contributed by atoms with Crippen molar-refractivity contribution in [3.8, 4) is 5.75 Å². The number of ether oxygens (including phenoxy) is 1. The first-order valence-corrected chi connectivity index (χ1v) is 8.21. The van der Waals surface area contributed by atoms with Crippen molar-refractivity contribution < 1.29 is 9.53 Å². The maximum absolute atomic E-state index is 12.3. The maximum atomic E-state index is 12.3. The monoisotopic (exact) mass is 325 g/mol. The second-order valence-electron chi connectivity index (χ2n) is 5.87. The van der Waals surface area contributed by atoms with Crippen LogP contribution in [0.5, 0.6) is 5.75 Å². The molecule has 5 nitrogen and oxygen atoms in total. The van der Waals surface area contributed by atoms with Crippen LogP contribution in [-0.2, 0) is 6.54 Å². The zero-order valence-corrected chi connectivity index (χ0v) is 13.9. The third kappa shape index (κ3) is 4.06. The molecular formula is C19H23N3O2. The first-order valence-electron chi connectivity index (χ1n) is 8.21. The molecule has 0 unspecified atom stereocenters. The minimum absolute atomic E-state index is 0.0295. The number of methoxy groups -OCH3 is 1. The van der Waals surface area contributed by atoms with Crippen molar-refractivity contribution in [1.82, 2.24) is 9.80 Å². The highest BCUT2D eigenvalue weighted by Crippen LogP contribution is 2.20. The summed E-state index contributed by atoms with van der Waals surface area (Å²) in [6.45, 7) is 4.03. The fraction of sp³-hybridized carbons (Fsp3) is 0.316. The zero-order valence-electron chi connectivity index (χ0n) is 13.9. The predicted octanol–water partition coefficient (Wildman–Crippen LogP) is 3.04. The molecule has 0 bridgehead atoms. The Morgan fingerprint density at radius 2 is 1.67 bits per heavy atom. The van der Waals surface area contributed by atoms with E-state index in [9.17, 15) is 4.79 Å². The lowest BCUT2D eigenvalue weighted by Crippen LogP contribution is -2.49. The van der Waals surface area contributed by atoms with Crippen molar-refractivity contribution in [3.63, 3.8) is 0 Å². The summed E-state index contributed by atoms with van der Waals surface area (Å²) in [7, 11) is 1.70. The summed E-state index contributed by atoms with van der Waals surface area (Å²) in [5, 5.41) is 2.94. The number of hydrogen-bond acceptors (Lipinski definition) is 3. The Balaban J connectivity index is 1.51. The molecule has 0 atom stereocenters. The van der Waals surface area contributed by atoms with Gasteiger partial charge in [-0.05, 0) is 18.2 Å². The van der Waals surface area contributed by atoms with Gasteiger partial charge in [0.05, 0.1) is 7.11 Å². The van der Waals surface area contributed by atoms with Crippen LogP contribution in [0.25, 0.3) is 0 Å². The second-order valence-corrected chi connectivity index (χ2v) is 5.87. The highest BCUT2D eigenvalue weighted by atomic mass is 16.5. The van der Waals surface area contributed by atoms with Gasteiger partial charge >= 0.3 is 6.03 Å². The van der Waals surface area contributed by atoms with Crippen molar-refractivity contribution >= 4 is 11.7 Å². The van der Waals surface area contributed by atoms with E-state index in [1.807, 2.05) is 53.4 Å². The average Bonchev–Trinajstić information content (AvgIpc) is 2.63. The van der Waals surface area contributed by atoms with Crippen molar-refractivity contribution in [1.29, 1.82) is 0 Å². The molecule has 2 aromatic rings. The predicted molar refractivity (Wildman–Crippen MR) is 95.3 cm³/mol. The fourth-order valence-corrected chi connectivity index (χ4v) is 2.91. The minimum Gasteiger partial charge on any atom is -0.496 e. The third-order valence-electron chi connectivity index (χ3n) is 4.27. The first-order chi connectivity index (χ1) is 11.8. The molecule has 0 spiro atoms. The topological polar surface area (TPSA) is 44.8 Å². The molecule has 1 heterocycles. The Labute approximate surface area is 142 Å². The van der Waals surface area contributed by atoms with Crippen LogP contribution in [0.4, 0.5) is 10.5 Å². The van der Waals surface area contributed by atoms with E-state index in [2.05, 4.69) is 16.3 Å². The number of carbonyl (C=O) groups excluding carboxylic acids is 1. The van der Waals surface area contributed by atoms with E-state index in [0.717, 1.165) is 44.2 Å². The van der Waals surface area contributed by atoms with Crippen molar-refractivity contribution in [2.45, 2.75) is 6.54 Å². The molecule has 1 saturated heterocycles. The molecule has 2 amide bonds. The van der Waals surface area contributed by atoms with Gasteiger partial charge in [-0.3, -0.25) is 4.90 Å². The van der Waals surface area contributed by atoms with Gasteiger partial charge in [0, 0.05) is 44.0 Å². The number of urea groups is 1. The molecule has 2 aromatic carbocycles. The normalized spacial score (nSPS) is 15.1. The summed E-state index contributed by atoms with van der Waals surface area (Å²) in [5.41, 5.74) is 2.01. The molecular weight excluding hydrogens is 302 g/mol. The minimum atomic E-state index is -0.0295. The average molecular weight is 325 g/mol. The summed E-state index contributed by atoms with van der Waals surface area (Å²) in [4.78, 5) is 16.5. The molecule has 126 valence electrons. The molecule has 0 radical (unpaired) electrons. The number of para-hydroxylation sites is 2. The molecule has 5 heteroatoms. The Kier molecular flexibility index (Phi) is 5.33. The lowest BCUT2D eigenvalue weighted by Gasteiger charge is -2.34. The van der Waals surface area contributed by atoms with E-state index in [1.165, 1.54) is 5.56 Å². The quantitative estimate of drug-likeness (QED) is 0.940. The third-order valence-corrected chi connectivity index (χ3v) is 4.27. The number of carbonyl (C=O) groups is 1. The molecule has 1 aliphatic heterocycles. The number of benzene rings is 2. The van der Waals surface area contributed by atoms with Crippen LogP contribution in [0.2, 0.25) is 0 Å². The van der Waals surface area contributed by atoms with Crippen molar-refractivity contribution in [2.75, 3.05) is 38.6 Å². The number of rotatable bonds is 4. The number of amides is 2. The van der Waals surface area contributed by atoms with Gasteiger partial charge in [0.2, 0.25) is 0 Å². The van der Waals surface area contributed by atoms with Crippen molar-refractivity contribution in [2.24, 2.45) is 0 Å². The molecule has 1 fully saturated rings. The van der Waals surface area contributed by atoms with E-state index in [-0.39, 0.29) is 6.03 Å². The van der Waals surface area contributed by atoms with Gasteiger partial charge in [-0.1, -0.05) is 36.4 Å². The highest BCUT2D eigenvalue weighted by molar-refractivity contribution is 5.89. The second kappa shape index (κ2) is 7.84. The summed E-state index contributed by atoms with van der Waals surface area (Å²) in [5.74, 6) is 0.918. The number of nitrogens with one attached hydrogen (secondary N) is 1. The van der Waals surface area contributed by atoms with Crippen LogP contribution >= 0.6 is 0 Å². The smallest absolute Gasteiger partial charge is 0.321 e. The molecule has 24 heavy (non-hydrogen) atoms. The molecule has 1 aliphatic rings. The van der Waals surface area contributed by atoms with E-state index in [1.54, 1.807) is 7.11 Å². The molecule has 1 N–H and O–H groups in total. The van der Waals surface area contributed by atoms with Crippen LogP contribution in [0, 0.1) is 0 Å². The highest BCUT2D eigenvalue weighted by Gasteiger charge is 2.21. The van der Waals surface area contributed by atoms with Gasteiger partial charge in [-0.25, -0.2) is 4.79 Å². The van der Waals surface area contributed by atoms with Gasteiger partial charge in [0.1, 0.15) is 5.75 Å². The number of anilines is 1. The standard InChI is InChI=1S/C19H23N3O2/c1-24-18-10-6-5-7-16(18)15-21-11-13-22(14-12-21)19(23)20-17-8-3-2-4-9-17/h2-10H,11-15H2,1H3,(H,20,23). The van der Waals surface area contributed by atoms with E-state index in [0.29, 0.717) is 0 Å². The van der Waals surface area contributed by atoms with Gasteiger partial charge in [-0.2, -0.15) is 0 Å². The number of hydrogen-bond donors (Lipinski definition) is 1. The Morgan fingerprint density at radius 1 is 1.00 bits per heavy atom. The van der Waals surface area contributed by atoms with E-state index >= 15 is 0 Å². The van der Waals surface area contributed by atoms with E-state index < -0.39 is 0 Å². The lowest BCUT2D eigenvalue weighted by atomic mass is 10.1. The maximum Gasteiger partial charge on any atom is 0.321 e. The SMILES string of the molecule is COc1ccccc1CN1CCN(C(=O)Nc2ccccc2)CC1. The Hall–Kier alpha value is -2.53. The fourth-order valence-electron chi connectivity index (χ4n) is 2.91. The summed E-state index contributed by atoms with van der Waals surface area (Å²) in [6.07, 6.45) is 0. The summed E-state index contributed by atoms with van der Waals surface area (Å²) < 4.78 is 5.41. The summed E-state index contributed by atoms with van der Waals surface area (Å²) in [6, 6.07) is 17.6. The largest absolute Gasteiger partial charge is 0.496 e. The van der Waals surface area contributed by atoms with Crippen molar-refractivity contribution in [3.05, 3.63) is 60.2 Å². The van der Waals surface area contributed by atoms with E-state index in [4.69, 9.17) is 4.74 Å². The van der Waals surface area contributed by atoms with Crippen LogP contribution in [0.3, 0.4) is 0 Å². The van der Waals surface area contributed by atoms with Gasteiger partial charge in [-0.15, -0.1) is 0 Å². The van der Waals surface area contributed by atoms with Gasteiger partial charge < -0.3 is 15.0 Å². The van der Waals surface area contributed by atoms with Gasteiger partial charge in [0.25, 0.3) is 0 Å².